The van der Waals surface area contributed by atoms with Crippen LogP contribution in [-0.2, 0) is 6.61 Å². The third kappa shape index (κ3) is 5.58. The molecule has 0 fully saturated rings. The number of benzene rings is 3. The number of hydrazone groups is 1. The monoisotopic (exact) mass is 489 g/mol. The normalized spacial score (nSPS) is 10.8. The molecule has 10 heteroatoms. The molecule has 5 aromatic rings. The standard InChI is InChI=1S/C27H19N7O3/c28-15-22-24(19-9-3-1-4-10-19)31-27(32-26(22)35)33-29-16-18-8-7-11-20(14-18)25-30-23(37-34-25)17-36-21-12-5-2-6-13-21/h1-14,16H,17H2,(H2,31,32,33,35). The molecule has 3 aromatic carbocycles. The van der Waals surface area contributed by atoms with Gasteiger partial charge in [0.15, 0.2) is 6.61 Å². The zero-order valence-corrected chi connectivity index (χ0v) is 19.3. The highest BCUT2D eigenvalue weighted by Gasteiger charge is 2.13. The number of ether oxygens (including phenoxy) is 1. The van der Waals surface area contributed by atoms with Gasteiger partial charge in [0.2, 0.25) is 11.8 Å². The molecule has 0 amide bonds. The molecule has 0 bridgehead atoms. The van der Waals surface area contributed by atoms with Gasteiger partial charge in [-0.25, -0.2) is 10.4 Å². The van der Waals surface area contributed by atoms with Gasteiger partial charge in [-0.15, -0.1) is 0 Å². The number of H-pyrrole nitrogens is 1. The quantitative estimate of drug-likeness (QED) is 0.241. The lowest BCUT2D eigenvalue weighted by atomic mass is 10.1. The predicted octanol–water partition coefficient (Wildman–Crippen LogP) is 4.38. The smallest absolute Gasteiger partial charge is 0.270 e. The zero-order chi connectivity index (χ0) is 25.5. The number of nitrogens with one attached hydrogen (secondary N) is 2. The molecule has 0 atom stereocenters. The van der Waals surface area contributed by atoms with E-state index in [2.05, 4.69) is 30.6 Å². The van der Waals surface area contributed by atoms with Gasteiger partial charge in [0.1, 0.15) is 17.4 Å². The Hall–Kier alpha value is -5.56. The molecular formula is C27H19N7O3. The minimum absolute atomic E-state index is 0.0675. The highest BCUT2D eigenvalue weighted by atomic mass is 16.5. The van der Waals surface area contributed by atoms with Crippen LogP contribution in [0.4, 0.5) is 5.95 Å². The van der Waals surface area contributed by atoms with Gasteiger partial charge >= 0.3 is 0 Å². The summed E-state index contributed by atoms with van der Waals surface area (Å²) >= 11 is 0. The Morgan fingerprint density at radius 2 is 1.76 bits per heavy atom. The van der Waals surface area contributed by atoms with Crippen LogP contribution in [0.1, 0.15) is 17.0 Å². The molecule has 0 saturated heterocycles. The summed E-state index contributed by atoms with van der Waals surface area (Å²) in [6.45, 7) is 0.156. The zero-order valence-electron chi connectivity index (χ0n) is 19.3. The van der Waals surface area contributed by atoms with E-state index in [1.807, 2.05) is 66.7 Å². The lowest BCUT2D eigenvalue weighted by Crippen LogP contribution is -2.16. The molecule has 10 nitrogen and oxygen atoms in total. The Kier molecular flexibility index (Phi) is 6.77. The number of nitrogens with zero attached hydrogens (tertiary/aromatic N) is 5. The van der Waals surface area contributed by atoms with E-state index in [4.69, 9.17) is 9.26 Å². The fourth-order valence-electron chi connectivity index (χ4n) is 3.45. The molecule has 0 aliphatic heterocycles. The van der Waals surface area contributed by atoms with Crippen molar-refractivity contribution in [1.82, 2.24) is 20.1 Å². The predicted molar refractivity (Wildman–Crippen MR) is 137 cm³/mol. The number of rotatable bonds is 8. The van der Waals surface area contributed by atoms with Gasteiger partial charge in [0.05, 0.1) is 11.9 Å². The number of hydrogen-bond donors (Lipinski definition) is 2. The van der Waals surface area contributed by atoms with Crippen LogP contribution in [0.15, 0.2) is 99.3 Å². The number of aromatic amines is 1. The average molecular weight is 489 g/mol. The fraction of sp³-hybridized carbons (Fsp3) is 0.0370. The van der Waals surface area contributed by atoms with E-state index in [1.165, 1.54) is 0 Å². The molecular weight excluding hydrogens is 470 g/mol. The molecule has 0 unspecified atom stereocenters. The molecule has 180 valence electrons. The van der Waals surface area contributed by atoms with Gasteiger partial charge in [0.25, 0.3) is 11.4 Å². The Labute approximate surface area is 210 Å². The topological polar surface area (TPSA) is 142 Å². The second-order valence-electron chi connectivity index (χ2n) is 7.72. The summed E-state index contributed by atoms with van der Waals surface area (Å²) < 4.78 is 10.9. The van der Waals surface area contributed by atoms with E-state index in [9.17, 15) is 10.1 Å². The molecule has 0 aliphatic rings. The average Bonchev–Trinajstić information content (AvgIpc) is 3.42. The molecule has 37 heavy (non-hydrogen) atoms. The van der Waals surface area contributed by atoms with Crippen molar-refractivity contribution in [2.24, 2.45) is 5.10 Å². The minimum atomic E-state index is -0.555. The van der Waals surface area contributed by atoms with Crippen LogP contribution in [0, 0.1) is 11.3 Å². The summed E-state index contributed by atoms with van der Waals surface area (Å²) in [5.74, 6) is 1.59. The lowest BCUT2D eigenvalue weighted by Gasteiger charge is -2.06. The van der Waals surface area contributed by atoms with Crippen molar-refractivity contribution in [2.45, 2.75) is 6.61 Å². The number of para-hydroxylation sites is 1. The van der Waals surface area contributed by atoms with Crippen LogP contribution in [0.3, 0.4) is 0 Å². The van der Waals surface area contributed by atoms with Gasteiger partial charge < -0.3 is 9.26 Å². The second-order valence-corrected chi connectivity index (χ2v) is 7.72. The van der Waals surface area contributed by atoms with Crippen molar-refractivity contribution in [3.8, 4) is 34.5 Å². The molecule has 0 radical (unpaired) electrons. The number of nitriles is 1. The van der Waals surface area contributed by atoms with Gasteiger partial charge in [-0.3, -0.25) is 9.78 Å². The first-order valence-corrected chi connectivity index (χ1v) is 11.2. The fourth-order valence-corrected chi connectivity index (χ4v) is 3.45. The van der Waals surface area contributed by atoms with Crippen molar-refractivity contribution in [2.75, 3.05) is 5.43 Å². The lowest BCUT2D eigenvalue weighted by molar-refractivity contribution is 0.243. The third-order valence-corrected chi connectivity index (χ3v) is 5.18. The van der Waals surface area contributed by atoms with E-state index >= 15 is 0 Å². The van der Waals surface area contributed by atoms with Gasteiger partial charge in [-0.1, -0.05) is 71.9 Å². The summed E-state index contributed by atoms with van der Waals surface area (Å²) in [5.41, 5.74) is 4.50. The van der Waals surface area contributed by atoms with Crippen molar-refractivity contribution >= 4 is 12.2 Å². The maximum absolute atomic E-state index is 12.4. The second kappa shape index (κ2) is 10.8. The van der Waals surface area contributed by atoms with Crippen molar-refractivity contribution in [3.05, 3.63) is 112 Å². The molecule has 0 spiro atoms. The first-order valence-electron chi connectivity index (χ1n) is 11.2. The van der Waals surface area contributed by atoms with Crippen LogP contribution in [0.2, 0.25) is 0 Å². The first-order chi connectivity index (χ1) is 18.2. The van der Waals surface area contributed by atoms with E-state index in [0.29, 0.717) is 23.0 Å². The van der Waals surface area contributed by atoms with Crippen molar-refractivity contribution < 1.29 is 9.26 Å². The number of aromatic nitrogens is 4. The highest BCUT2D eigenvalue weighted by Crippen LogP contribution is 2.20. The highest BCUT2D eigenvalue weighted by molar-refractivity contribution is 5.82. The van der Waals surface area contributed by atoms with E-state index in [-0.39, 0.29) is 23.8 Å². The van der Waals surface area contributed by atoms with E-state index < -0.39 is 5.56 Å². The first kappa shape index (κ1) is 23.2. The van der Waals surface area contributed by atoms with Crippen molar-refractivity contribution in [3.63, 3.8) is 0 Å². The van der Waals surface area contributed by atoms with E-state index in [1.54, 1.807) is 30.5 Å². The van der Waals surface area contributed by atoms with Crippen molar-refractivity contribution in [1.29, 1.82) is 5.26 Å². The minimum Gasteiger partial charge on any atom is -0.484 e. The van der Waals surface area contributed by atoms with Crippen LogP contribution in [0.5, 0.6) is 5.75 Å². The molecule has 2 aromatic heterocycles. The largest absolute Gasteiger partial charge is 0.484 e. The molecule has 5 rings (SSSR count). The third-order valence-electron chi connectivity index (χ3n) is 5.18. The van der Waals surface area contributed by atoms with Crippen LogP contribution >= 0.6 is 0 Å². The molecule has 0 aliphatic carbocycles. The molecule has 0 saturated carbocycles. The van der Waals surface area contributed by atoms with Gasteiger partial charge in [-0.2, -0.15) is 15.3 Å². The summed E-state index contributed by atoms with van der Waals surface area (Å²) in [6, 6.07) is 27.7. The van der Waals surface area contributed by atoms with Crippen LogP contribution < -0.4 is 15.7 Å². The Morgan fingerprint density at radius 3 is 2.54 bits per heavy atom. The SMILES string of the molecule is N#Cc1c(-c2ccccc2)nc(NN=Cc2cccc(-c3noc(COc4ccccc4)n3)c2)[nH]c1=O. The van der Waals surface area contributed by atoms with Gasteiger partial charge in [-0.05, 0) is 23.8 Å². The Balaban J connectivity index is 1.29. The number of anilines is 1. The van der Waals surface area contributed by atoms with Gasteiger partial charge in [0, 0.05) is 11.1 Å². The maximum Gasteiger partial charge on any atom is 0.270 e. The summed E-state index contributed by atoms with van der Waals surface area (Å²) in [6.07, 6.45) is 1.56. The molecule has 2 N–H and O–H groups in total. The number of hydrogen-bond acceptors (Lipinski definition) is 9. The summed E-state index contributed by atoms with van der Waals surface area (Å²) in [4.78, 5) is 23.7. The molecule has 2 heterocycles. The van der Waals surface area contributed by atoms with E-state index in [0.717, 1.165) is 11.1 Å². The summed E-state index contributed by atoms with van der Waals surface area (Å²) in [5, 5.41) is 17.6. The maximum atomic E-state index is 12.4. The van der Waals surface area contributed by atoms with Crippen LogP contribution in [-0.4, -0.2) is 26.3 Å². The Morgan fingerprint density at radius 1 is 1.00 bits per heavy atom. The van der Waals surface area contributed by atoms with Crippen LogP contribution in [0.25, 0.3) is 22.6 Å². The Bertz CT molecular complexity index is 1640. The summed E-state index contributed by atoms with van der Waals surface area (Å²) in [7, 11) is 0.